The topological polar surface area (TPSA) is 29.1 Å². The highest BCUT2D eigenvalue weighted by Crippen LogP contribution is 2.13. The van der Waals surface area contributed by atoms with Gasteiger partial charge in [-0.1, -0.05) is 72.8 Å². The highest BCUT2D eigenvalue weighted by Gasteiger charge is 2.07. The van der Waals surface area contributed by atoms with Gasteiger partial charge in [0.05, 0.1) is 0 Å². The molecule has 3 aromatic carbocycles. The lowest BCUT2D eigenvalue weighted by molar-refractivity contribution is 0.103. The van der Waals surface area contributed by atoms with Crippen LogP contribution in [0.2, 0.25) is 0 Å². The first-order valence-corrected chi connectivity index (χ1v) is 7.98. The minimum atomic E-state index is 0.0473. The second kappa shape index (κ2) is 7.93. The van der Waals surface area contributed by atoms with Crippen LogP contribution < -0.4 is 5.32 Å². The van der Waals surface area contributed by atoms with E-state index in [1.54, 1.807) is 0 Å². The molecule has 0 unspecified atom stereocenters. The van der Waals surface area contributed by atoms with Gasteiger partial charge in [0.15, 0.2) is 5.78 Å². The van der Waals surface area contributed by atoms with Gasteiger partial charge in [-0.05, 0) is 29.8 Å². The van der Waals surface area contributed by atoms with Gasteiger partial charge in [-0.25, -0.2) is 0 Å². The third-order valence-electron chi connectivity index (χ3n) is 3.72. The summed E-state index contributed by atoms with van der Waals surface area (Å²) in [6, 6.07) is 27.1. The highest BCUT2D eigenvalue weighted by molar-refractivity contribution is 6.09. The van der Waals surface area contributed by atoms with E-state index in [4.69, 9.17) is 0 Å². The van der Waals surface area contributed by atoms with Crippen LogP contribution in [0.5, 0.6) is 0 Å². The fraction of sp³-hybridized carbons (Fsp3) is 0.0455. The zero-order valence-corrected chi connectivity index (χ0v) is 13.4. The molecule has 118 valence electrons. The third-order valence-corrected chi connectivity index (χ3v) is 3.72. The van der Waals surface area contributed by atoms with Crippen LogP contribution in [-0.2, 0) is 0 Å². The van der Waals surface area contributed by atoms with Crippen molar-refractivity contribution >= 4 is 17.5 Å². The van der Waals surface area contributed by atoms with Crippen LogP contribution in [0.1, 0.15) is 21.5 Å². The van der Waals surface area contributed by atoms with Gasteiger partial charge in [0.1, 0.15) is 0 Å². The molecule has 1 N–H and O–H groups in total. The molecule has 0 radical (unpaired) electrons. The van der Waals surface area contributed by atoms with Crippen molar-refractivity contribution in [1.82, 2.24) is 0 Å². The van der Waals surface area contributed by atoms with Crippen molar-refractivity contribution in [1.29, 1.82) is 0 Å². The van der Waals surface area contributed by atoms with Crippen molar-refractivity contribution in [2.45, 2.75) is 0 Å². The predicted molar refractivity (Wildman–Crippen MR) is 100 cm³/mol. The molecule has 0 atom stereocenters. The normalized spacial score (nSPS) is 10.7. The van der Waals surface area contributed by atoms with Crippen LogP contribution in [0.4, 0.5) is 5.69 Å². The summed E-state index contributed by atoms with van der Waals surface area (Å²) in [5.74, 6) is 0.0473. The third kappa shape index (κ3) is 4.20. The predicted octanol–water partition coefficient (Wildman–Crippen LogP) is 5.04. The van der Waals surface area contributed by atoms with E-state index >= 15 is 0 Å². The molecule has 0 saturated carbocycles. The Kier molecular flexibility index (Phi) is 5.21. The van der Waals surface area contributed by atoms with Gasteiger partial charge >= 0.3 is 0 Å². The number of nitrogens with one attached hydrogen (secondary N) is 1. The van der Waals surface area contributed by atoms with Crippen LogP contribution in [0.15, 0.2) is 91.0 Å². The molecule has 0 aliphatic heterocycles. The molecule has 3 rings (SSSR count). The fourth-order valence-corrected chi connectivity index (χ4v) is 2.43. The summed E-state index contributed by atoms with van der Waals surface area (Å²) in [7, 11) is 0. The van der Waals surface area contributed by atoms with E-state index in [9.17, 15) is 4.79 Å². The summed E-state index contributed by atoms with van der Waals surface area (Å²) in [5, 5.41) is 3.32. The van der Waals surface area contributed by atoms with Gasteiger partial charge in [-0.2, -0.15) is 0 Å². The number of rotatable bonds is 6. The average molecular weight is 313 g/mol. The van der Waals surface area contributed by atoms with Crippen molar-refractivity contribution in [3.63, 3.8) is 0 Å². The number of carbonyl (C=O) groups is 1. The standard InChI is InChI=1S/C22H19NO/c24-22(19-11-5-2-6-12-19)20-13-15-21(16-14-20)23-17-7-10-18-8-3-1-4-9-18/h1-16,23H,17H2/b10-7+. The van der Waals surface area contributed by atoms with Gasteiger partial charge in [-0.15, -0.1) is 0 Å². The second-order valence-corrected chi connectivity index (χ2v) is 5.47. The van der Waals surface area contributed by atoms with Crippen LogP contribution in [0, 0.1) is 0 Å². The quantitative estimate of drug-likeness (QED) is 0.646. The smallest absolute Gasteiger partial charge is 0.193 e. The molecule has 0 aliphatic rings. The molecule has 2 heteroatoms. The Morgan fingerprint density at radius 3 is 2.00 bits per heavy atom. The molecule has 0 saturated heterocycles. The molecule has 0 fully saturated rings. The molecule has 0 spiro atoms. The van der Waals surface area contributed by atoms with E-state index in [1.165, 1.54) is 5.56 Å². The first-order chi connectivity index (χ1) is 11.8. The molecule has 0 aliphatic carbocycles. The first kappa shape index (κ1) is 15.8. The summed E-state index contributed by atoms with van der Waals surface area (Å²) in [6.07, 6.45) is 4.17. The van der Waals surface area contributed by atoms with Crippen molar-refractivity contribution in [2.75, 3.05) is 11.9 Å². The van der Waals surface area contributed by atoms with Crippen molar-refractivity contribution in [3.05, 3.63) is 108 Å². The lowest BCUT2D eigenvalue weighted by Crippen LogP contribution is -2.02. The minimum absolute atomic E-state index is 0.0473. The van der Waals surface area contributed by atoms with E-state index in [0.29, 0.717) is 11.1 Å². The van der Waals surface area contributed by atoms with Gasteiger partial charge < -0.3 is 5.32 Å². The van der Waals surface area contributed by atoms with E-state index in [-0.39, 0.29) is 5.78 Å². The SMILES string of the molecule is O=C(c1ccccc1)c1ccc(NC/C=C/c2ccccc2)cc1. The lowest BCUT2D eigenvalue weighted by atomic mass is 10.0. The summed E-state index contributed by atoms with van der Waals surface area (Å²) in [4.78, 5) is 12.3. The Morgan fingerprint density at radius 2 is 1.33 bits per heavy atom. The number of carbonyl (C=O) groups excluding carboxylic acids is 1. The minimum Gasteiger partial charge on any atom is -0.382 e. The Balaban J connectivity index is 1.57. The van der Waals surface area contributed by atoms with Gasteiger partial charge in [0, 0.05) is 23.4 Å². The molecule has 0 heterocycles. The zero-order chi connectivity index (χ0) is 16.6. The molecular weight excluding hydrogens is 294 g/mol. The fourth-order valence-electron chi connectivity index (χ4n) is 2.43. The average Bonchev–Trinajstić information content (AvgIpc) is 2.67. The second-order valence-electron chi connectivity index (χ2n) is 5.47. The van der Waals surface area contributed by atoms with Crippen LogP contribution in [0.25, 0.3) is 6.08 Å². The number of hydrogen-bond donors (Lipinski definition) is 1. The molecule has 24 heavy (non-hydrogen) atoms. The number of anilines is 1. The lowest BCUT2D eigenvalue weighted by Gasteiger charge is -2.05. The van der Waals surface area contributed by atoms with Crippen LogP contribution in [0.3, 0.4) is 0 Å². The molecule has 0 aromatic heterocycles. The Morgan fingerprint density at radius 1 is 0.750 bits per heavy atom. The summed E-state index contributed by atoms with van der Waals surface area (Å²) in [5.41, 5.74) is 3.59. The molecule has 0 bridgehead atoms. The Labute approximate surface area is 142 Å². The van der Waals surface area contributed by atoms with Crippen molar-refractivity contribution < 1.29 is 4.79 Å². The molecule has 0 amide bonds. The van der Waals surface area contributed by atoms with E-state index in [0.717, 1.165) is 12.2 Å². The van der Waals surface area contributed by atoms with Gasteiger partial charge in [0.25, 0.3) is 0 Å². The number of hydrogen-bond acceptors (Lipinski definition) is 2. The van der Waals surface area contributed by atoms with Gasteiger partial charge in [0.2, 0.25) is 0 Å². The van der Waals surface area contributed by atoms with E-state index < -0.39 is 0 Å². The molecule has 3 aromatic rings. The van der Waals surface area contributed by atoms with Crippen LogP contribution >= 0.6 is 0 Å². The van der Waals surface area contributed by atoms with E-state index in [1.807, 2.05) is 72.8 Å². The van der Waals surface area contributed by atoms with Crippen molar-refractivity contribution in [3.8, 4) is 0 Å². The Bertz CT molecular complexity index is 806. The summed E-state index contributed by atoms with van der Waals surface area (Å²) >= 11 is 0. The number of benzene rings is 3. The molecular formula is C22H19NO. The molecule has 2 nitrogen and oxygen atoms in total. The monoisotopic (exact) mass is 313 g/mol. The van der Waals surface area contributed by atoms with Crippen LogP contribution in [-0.4, -0.2) is 12.3 Å². The highest BCUT2D eigenvalue weighted by atomic mass is 16.1. The maximum atomic E-state index is 12.3. The first-order valence-electron chi connectivity index (χ1n) is 7.98. The maximum absolute atomic E-state index is 12.3. The Hall–Kier alpha value is -3.13. The van der Waals surface area contributed by atoms with Crippen molar-refractivity contribution in [2.24, 2.45) is 0 Å². The summed E-state index contributed by atoms with van der Waals surface area (Å²) < 4.78 is 0. The largest absolute Gasteiger partial charge is 0.382 e. The number of ketones is 1. The zero-order valence-electron chi connectivity index (χ0n) is 13.4. The van der Waals surface area contributed by atoms with Gasteiger partial charge in [-0.3, -0.25) is 4.79 Å². The van der Waals surface area contributed by atoms with E-state index in [2.05, 4.69) is 29.6 Å². The maximum Gasteiger partial charge on any atom is 0.193 e. The summed E-state index contributed by atoms with van der Waals surface area (Å²) in [6.45, 7) is 0.737.